The second-order valence-electron chi connectivity index (χ2n) is 11.1. The highest BCUT2D eigenvalue weighted by molar-refractivity contribution is 6.05. The van der Waals surface area contributed by atoms with Crippen LogP contribution < -0.4 is 10.1 Å². The number of urea groups is 1. The van der Waals surface area contributed by atoms with Gasteiger partial charge in [0.25, 0.3) is 5.91 Å². The number of piperidine rings is 3. The van der Waals surface area contributed by atoms with E-state index in [0.717, 1.165) is 43.7 Å². The first-order chi connectivity index (χ1) is 17.5. The monoisotopic (exact) mass is 492 g/mol. The van der Waals surface area contributed by atoms with Gasteiger partial charge in [0.1, 0.15) is 11.8 Å². The molecule has 0 aromatic heterocycles. The molecule has 1 aliphatic carbocycles. The number of carbonyl (C=O) groups is 3. The normalized spacial score (nSPS) is 31.9. The van der Waals surface area contributed by atoms with Gasteiger partial charge in [-0.3, -0.25) is 19.4 Å². The molecule has 6 rings (SSSR count). The van der Waals surface area contributed by atoms with Gasteiger partial charge in [-0.15, -0.1) is 0 Å². The Morgan fingerprint density at radius 1 is 1.11 bits per heavy atom. The number of rotatable bonds is 5. The molecule has 4 amide bonds. The van der Waals surface area contributed by atoms with Crippen LogP contribution in [0.25, 0.3) is 0 Å². The molecule has 5 aliphatic rings. The molecule has 1 N–H and O–H groups in total. The number of methoxy groups -OCH3 is 1. The Kier molecular flexibility index (Phi) is 6.23. The molecule has 8 nitrogen and oxygen atoms in total. The second kappa shape index (κ2) is 9.54. The quantitative estimate of drug-likeness (QED) is 0.505. The standard InChI is InChI=1S/C28H36N4O4/c1-36-22-9-7-18(8-10-22)16-32-27(34)23(29-28(32)35)15-25(33)31-12-4-5-19-13-20-14-21(26(19)31)17-30-11-3-2-6-24(20)30/h7-10,13,20-21,23-24,26H,2-6,11-12,14-17H2,1H3,(H,29,35). The van der Waals surface area contributed by atoms with Gasteiger partial charge in [-0.1, -0.05) is 30.2 Å². The van der Waals surface area contributed by atoms with Crippen LogP contribution in [0.4, 0.5) is 4.79 Å². The summed E-state index contributed by atoms with van der Waals surface area (Å²) in [7, 11) is 1.60. The lowest BCUT2D eigenvalue weighted by molar-refractivity contribution is -0.139. The van der Waals surface area contributed by atoms with Gasteiger partial charge >= 0.3 is 6.03 Å². The fourth-order valence-corrected chi connectivity index (χ4v) is 7.32. The predicted molar refractivity (Wildman–Crippen MR) is 134 cm³/mol. The zero-order chi connectivity index (χ0) is 24.8. The Bertz CT molecular complexity index is 1070. The number of carbonyl (C=O) groups excluding carboxylic acids is 3. The van der Waals surface area contributed by atoms with Crippen molar-refractivity contribution in [3.05, 3.63) is 41.5 Å². The molecular formula is C28H36N4O4. The van der Waals surface area contributed by atoms with Gasteiger partial charge in [-0.2, -0.15) is 0 Å². The van der Waals surface area contributed by atoms with E-state index >= 15 is 0 Å². The minimum atomic E-state index is -0.799. The third-order valence-electron chi connectivity index (χ3n) is 8.96. The summed E-state index contributed by atoms with van der Waals surface area (Å²) >= 11 is 0. The van der Waals surface area contributed by atoms with Gasteiger partial charge in [-0.05, 0) is 68.2 Å². The number of imide groups is 1. The van der Waals surface area contributed by atoms with Crippen LogP contribution in [0.3, 0.4) is 0 Å². The maximum absolute atomic E-state index is 13.6. The number of hydrogen-bond acceptors (Lipinski definition) is 5. The largest absolute Gasteiger partial charge is 0.497 e. The van der Waals surface area contributed by atoms with Crippen molar-refractivity contribution in [2.75, 3.05) is 26.7 Å². The number of benzene rings is 1. The van der Waals surface area contributed by atoms with E-state index in [1.807, 2.05) is 29.2 Å². The van der Waals surface area contributed by atoms with Crippen LogP contribution in [0.2, 0.25) is 0 Å². The summed E-state index contributed by atoms with van der Waals surface area (Å²) in [6, 6.07) is 6.89. The van der Waals surface area contributed by atoms with Crippen LogP contribution in [0, 0.1) is 11.8 Å². The van der Waals surface area contributed by atoms with E-state index in [9.17, 15) is 14.4 Å². The summed E-state index contributed by atoms with van der Waals surface area (Å²) in [6.07, 6.45) is 9.63. The molecule has 4 aliphatic heterocycles. The number of amides is 4. The molecule has 4 heterocycles. The van der Waals surface area contributed by atoms with Crippen molar-refractivity contribution in [1.82, 2.24) is 20.0 Å². The molecule has 5 atom stereocenters. The van der Waals surface area contributed by atoms with E-state index in [4.69, 9.17) is 4.74 Å². The van der Waals surface area contributed by atoms with E-state index in [-0.39, 0.29) is 30.8 Å². The van der Waals surface area contributed by atoms with Gasteiger partial charge in [0, 0.05) is 19.1 Å². The van der Waals surface area contributed by atoms with Crippen molar-refractivity contribution in [1.29, 1.82) is 0 Å². The number of ether oxygens (including phenoxy) is 1. The number of nitrogens with one attached hydrogen (secondary N) is 1. The summed E-state index contributed by atoms with van der Waals surface area (Å²) < 4.78 is 5.18. The van der Waals surface area contributed by atoms with Crippen molar-refractivity contribution in [2.45, 2.75) is 69.6 Å². The lowest BCUT2D eigenvalue weighted by atomic mass is 9.68. The molecule has 0 saturated carbocycles. The van der Waals surface area contributed by atoms with E-state index in [1.54, 1.807) is 7.11 Å². The van der Waals surface area contributed by atoms with Crippen LogP contribution in [-0.2, 0) is 16.1 Å². The van der Waals surface area contributed by atoms with Crippen molar-refractivity contribution < 1.29 is 19.1 Å². The molecule has 4 fully saturated rings. The first-order valence-electron chi connectivity index (χ1n) is 13.5. The molecule has 8 heteroatoms. The molecule has 36 heavy (non-hydrogen) atoms. The van der Waals surface area contributed by atoms with E-state index in [2.05, 4.69) is 16.3 Å². The molecular weight excluding hydrogens is 456 g/mol. The first kappa shape index (κ1) is 23.5. The van der Waals surface area contributed by atoms with Crippen molar-refractivity contribution >= 4 is 17.8 Å². The lowest BCUT2D eigenvalue weighted by Crippen LogP contribution is -2.60. The number of likely N-dealkylation sites (tertiary alicyclic amines) is 1. The van der Waals surface area contributed by atoms with Gasteiger partial charge in [0.2, 0.25) is 5.91 Å². The molecule has 2 bridgehead atoms. The minimum Gasteiger partial charge on any atom is -0.497 e. The highest BCUT2D eigenvalue weighted by Gasteiger charge is 2.48. The molecule has 1 aromatic carbocycles. The van der Waals surface area contributed by atoms with Gasteiger partial charge in [0.05, 0.1) is 26.1 Å². The van der Waals surface area contributed by atoms with Crippen LogP contribution in [-0.4, -0.2) is 77.4 Å². The third-order valence-corrected chi connectivity index (χ3v) is 8.96. The Hall–Kier alpha value is -2.87. The SMILES string of the molecule is COc1ccc(CN2C(=O)NC(CC(=O)N3CCCC4=CC5CC(CN6CCCCC56)C43)C2=O)cc1. The molecule has 192 valence electrons. The van der Waals surface area contributed by atoms with Crippen molar-refractivity contribution in [2.24, 2.45) is 11.8 Å². The summed E-state index contributed by atoms with van der Waals surface area (Å²) in [4.78, 5) is 45.2. The number of nitrogens with zero attached hydrogens (tertiary/aromatic N) is 3. The molecule has 1 aromatic rings. The van der Waals surface area contributed by atoms with Gasteiger partial charge in [-0.25, -0.2) is 4.79 Å². The van der Waals surface area contributed by atoms with Crippen LogP contribution in [0.15, 0.2) is 35.9 Å². The average Bonchev–Trinajstić information content (AvgIpc) is 3.16. The number of hydrogen-bond donors (Lipinski definition) is 1. The number of fused-ring (bicyclic) bond motifs is 6. The minimum absolute atomic E-state index is 0.0187. The maximum Gasteiger partial charge on any atom is 0.325 e. The Morgan fingerprint density at radius 3 is 2.75 bits per heavy atom. The summed E-state index contributed by atoms with van der Waals surface area (Å²) in [6.45, 7) is 3.16. The Balaban J connectivity index is 1.14. The van der Waals surface area contributed by atoms with Gasteiger partial charge in [0.15, 0.2) is 0 Å². The highest BCUT2D eigenvalue weighted by atomic mass is 16.5. The fraction of sp³-hybridized carbons (Fsp3) is 0.607. The summed E-state index contributed by atoms with van der Waals surface area (Å²) in [5.41, 5.74) is 2.27. The average molecular weight is 493 g/mol. The van der Waals surface area contributed by atoms with Crippen LogP contribution in [0.5, 0.6) is 5.75 Å². The third kappa shape index (κ3) is 4.19. The van der Waals surface area contributed by atoms with Crippen LogP contribution >= 0.6 is 0 Å². The van der Waals surface area contributed by atoms with Crippen LogP contribution in [0.1, 0.15) is 50.5 Å². The van der Waals surface area contributed by atoms with E-state index in [0.29, 0.717) is 17.9 Å². The fourth-order valence-electron chi connectivity index (χ4n) is 7.32. The van der Waals surface area contributed by atoms with Crippen molar-refractivity contribution in [3.63, 3.8) is 0 Å². The van der Waals surface area contributed by atoms with E-state index < -0.39 is 12.1 Å². The first-order valence-corrected chi connectivity index (χ1v) is 13.5. The van der Waals surface area contributed by atoms with Gasteiger partial charge < -0.3 is 15.0 Å². The predicted octanol–water partition coefficient (Wildman–Crippen LogP) is 2.93. The smallest absolute Gasteiger partial charge is 0.325 e. The zero-order valence-corrected chi connectivity index (χ0v) is 21.0. The zero-order valence-electron chi connectivity index (χ0n) is 21.0. The molecule has 5 unspecified atom stereocenters. The Morgan fingerprint density at radius 2 is 1.94 bits per heavy atom. The molecule has 0 spiro atoms. The maximum atomic E-state index is 13.6. The summed E-state index contributed by atoms with van der Waals surface area (Å²) in [5, 5.41) is 2.76. The molecule has 4 saturated heterocycles. The molecule has 0 radical (unpaired) electrons. The van der Waals surface area contributed by atoms with E-state index in [1.165, 1.54) is 36.3 Å². The summed E-state index contributed by atoms with van der Waals surface area (Å²) in [5.74, 6) is 1.46. The second-order valence-corrected chi connectivity index (χ2v) is 11.1. The highest BCUT2D eigenvalue weighted by Crippen LogP contribution is 2.45. The lowest BCUT2D eigenvalue weighted by Gasteiger charge is -2.54. The van der Waals surface area contributed by atoms with Crippen molar-refractivity contribution in [3.8, 4) is 5.75 Å². The Labute approximate surface area is 212 Å². The topological polar surface area (TPSA) is 82.2 Å².